The van der Waals surface area contributed by atoms with E-state index in [-0.39, 0.29) is 6.61 Å². The minimum Gasteiger partial charge on any atom is -0.396 e. The van der Waals surface area contributed by atoms with Crippen LogP contribution in [0.1, 0.15) is 24.2 Å². The highest BCUT2D eigenvalue weighted by molar-refractivity contribution is 5.30. The van der Waals surface area contributed by atoms with Crippen LogP contribution in [0.2, 0.25) is 0 Å². The highest BCUT2D eigenvalue weighted by Crippen LogP contribution is 1.96. The van der Waals surface area contributed by atoms with Crippen LogP contribution in [0.15, 0.2) is 12.4 Å². The summed E-state index contributed by atoms with van der Waals surface area (Å²) in [6.45, 7) is 2.07. The molecule has 0 aliphatic heterocycles. The molecular weight excluding hydrogens is 164 g/mol. The Bertz CT molecular complexity index is 325. The molecule has 1 aromatic rings. The van der Waals surface area contributed by atoms with Gasteiger partial charge in [0.1, 0.15) is 5.69 Å². The van der Waals surface area contributed by atoms with Crippen molar-refractivity contribution < 1.29 is 5.11 Å². The summed E-state index contributed by atoms with van der Waals surface area (Å²) in [5.41, 5.74) is 1.57. The fourth-order valence-electron chi connectivity index (χ4n) is 0.844. The predicted molar refractivity (Wildman–Crippen MR) is 50.0 cm³/mol. The number of rotatable bonds is 2. The summed E-state index contributed by atoms with van der Waals surface area (Å²) in [5, 5.41) is 8.52. The van der Waals surface area contributed by atoms with Gasteiger partial charge in [0, 0.05) is 25.4 Å². The van der Waals surface area contributed by atoms with Gasteiger partial charge >= 0.3 is 0 Å². The summed E-state index contributed by atoms with van der Waals surface area (Å²) in [4.78, 5) is 8.14. The summed E-state index contributed by atoms with van der Waals surface area (Å²) >= 11 is 0. The van der Waals surface area contributed by atoms with Gasteiger partial charge < -0.3 is 5.11 Å². The Morgan fingerprint density at radius 2 is 2.15 bits per heavy atom. The third-order valence-corrected chi connectivity index (χ3v) is 1.55. The molecule has 0 amide bonds. The number of aliphatic hydroxyl groups excluding tert-OH is 1. The third kappa shape index (κ3) is 3.22. The number of nitrogens with zero attached hydrogens (tertiary/aromatic N) is 2. The highest BCUT2D eigenvalue weighted by Gasteiger charge is 1.92. The molecule has 0 radical (unpaired) electrons. The van der Waals surface area contributed by atoms with E-state index in [1.165, 1.54) is 0 Å². The van der Waals surface area contributed by atoms with Crippen LogP contribution in [0.4, 0.5) is 0 Å². The van der Waals surface area contributed by atoms with Crippen LogP contribution in [-0.4, -0.2) is 21.7 Å². The molecule has 1 heterocycles. The first-order chi connectivity index (χ1) is 6.34. The van der Waals surface area contributed by atoms with E-state index in [1.54, 1.807) is 12.4 Å². The summed E-state index contributed by atoms with van der Waals surface area (Å²) in [7, 11) is 0. The minimum absolute atomic E-state index is 0.189. The molecule has 3 nitrogen and oxygen atoms in total. The number of aromatic nitrogens is 2. The first-order valence-corrected chi connectivity index (χ1v) is 4.22. The van der Waals surface area contributed by atoms with Crippen LogP contribution in [0.3, 0.4) is 0 Å². The van der Waals surface area contributed by atoms with Crippen LogP contribution in [0, 0.1) is 18.8 Å². The molecule has 3 heteroatoms. The molecule has 1 N–H and O–H groups in total. The van der Waals surface area contributed by atoms with E-state index in [0.717, 1.165) is 11.4 Å². The van der Waals surface area contributed by atoms with Crippen molar-refractivity contribution in [3.05, 3.63) is 23.8 Å². The lowest BCUT2D eigenvalue weighted by Gasteiger charge is -1.92. The Kier molecular flexibility index (Phi) is 3.94. The molecule has 0 aromatic carbocycles. The molecule has 0 unspecified atom stereocenters. The standard InChI is InChI=1S/C10H12N2O/c1-9-10(12-7-6-11-9)5-3-2-4-8-13/h6-7,13H,2,4,8H2,1H3. The third-order valence-electron chi connectivity index (χ3n) is 1.55. The summed E-state index contributed by atoms with van der Waals surface area (Å²) in [6, 6.07) is 0. The van der Waals surface area contributed by atoms with Crippen LogP contribution in [0.5, 0.6) is 0 Å². The van der Waals surface area contributed by atoms with Crippen LogP contribution in [-0.2, 0) is 0 Å². The molecule has 0 aliphatic rings. The maximum absolute atomic E-state index is 8.52. The zero-order valence-corrected chi connectivity index (χ0v) is 7.62. The Morgan fingerprint density at radius 3 is 2.85 bits per heavy atom. The smallest absolute Gasteiger partial charge is 0.134 e. The van der Waals surface area contributed by atoms with Gasteiger partial charge in [-0.25, -0.2) is 4.98 Å². The van der Waals surface area contributed by atoms with Crippen molar-refractivity contribution in [1.82, 2.24) is 9.97 Å². The molecule has 1 rings (SSSR count). The van der Waals surface area contributed by atoms with Gasteiger partial charge in [-0.05, 0) is 19.3 Å². The van der Waals surface area contributed by atoms with Crippen molar-refractivity contribution in [3.63, 3.8) is 0 Å². The maximum atomic E-state index is 8.52. The zero-order chi connectivity index (χ0) is 9.52. The normalized spacial score (nSPS) is 9.08. The van der Waals surface area contributed by atoms with Crippen molar-refractivity contribution in [2.75, 3.05) is 6.61 Å². The molecule has 0 aliphatic carbocycles. The molecule has 68 valence electrons. The van der Waals surface area contributed by atoms with Gasteiger partial charge in [0.15, 0.2) is 0 Å². The molecule has 0 atom stereocenters. The van der Waals surface area contributed by atoms with Crippen LogP contribution >= 0.6 is 0 Å². The second kappa shape index (κ2) is 5.28. The zero-order valence-electron chi connectivity index (χ0n) is 7.62. The van der Waals surface area contributed by atoms with Crippen molar-refractivity contribution in [3.8, 4) is 11.8 Å². The molecular formula is C10H12N2O. The Hall–Kier alpha value is -1.40. The van der Waals surface area contributed by atoms with Gasteiger partial charge in [0.2, 0.25) is 0 Å². The minimum atomic E-state index is 0.189. The molecule has 0 saturated carbocycles. The Morgan fingerprint density at radius 1 is 1.38 bits per heavy atom. The van der Waals surface area contributed by atoms with Gasteiger partial charge in [0.05, 0.1) is 5.69 Å². The topological polar surface area (TPSA) is 46.0 Å². The van der Waals surface area contributed by atoms with E-state index >= 15 is 0 Å². The summed E-state index contributed by atoms with van der Waals surface area (Å²) in [5.74, 6) is 5.84. The van der Waals surface area contributed by atoms with E-state index < -0.39 is 0 Å². The van der Waals surface area contributed by atoms with Crippen molar-refractivity contribution in [2.45, 2.75) is 19.8 Å². The first kappa shape index (κ1) is 9.69. The number of aryl methyl sites for hydroxylation is 1. The fraction of sp³-hybridized carbons (Fsp3) is 0.400. The molecule has 1 aromatic heterocycles. The van der Waals surface area contributed by atoms with Crippen molar-refractivity contribution in [1.29, 1.82) is 0 Å². The predicted octanol–water partition coefficient (Wildman–Crippen LogP) is 0.909. The van der Waals surface area contributed by atoms with E-state index in [4.69, 9.17) is 5.11 Å². The van der Waals surface area contributed by atoms with Crippen LogP contribution < -0.4 is 0 Å². The van der Waals surface area contributed by atoms with E-state index in [2.05, 4.69) is 21.8 Å². The maximum Gasteiger partial charge on any atom is 0.134 e. The van der Waals surface area contributed by atoms with Gasteiger partial charge in [-0.3, -0.25) is 4.98 Å². The fourth-order valence-corrected chi connectivity index (χ4v) is 0.844. The molecule has 0 spiro atoms. The lowest BCUT2D eigenvalue weighted by molar-refractivity contribution is 0.290. The first-order valence-electron chi connectivity index (χ1n) is 4.22. The van der Waals surface area contributed by atoms with E-state index in [0.29, 0.717) is 12.8 Å². The van der Waals surface area contributed by atoms with Gasteiger partial charge in [0.25, 0.3) is 0 Å². The van der Waals surface area contributed by atoms with E-state index in [9.17, 15) is 0 Å². The quantitative estimate of drug-likeness (QED) is 0.538. The molecule has 0 bridgehead atoms. The van der Waals surface area contributed by atoms with Crippen molar-refractivity contribution in [2.24, 2.45) is 0 Å². The van der Waals surface area contributed by atoms with E-state index in [1.807, 2.05) is 6.92 Å². The second-order valence-electron chi connectivity index (χ2n) is 2.62. The molecule has 13 heavy (non-hydrogen) atoms. The second-order valence-corrected chi connectivity index (χ2v) is 2.62. The summed E-state index contributed by atoms with van der Waals surface area (Å²) < 4.78 is 0. The van der Waals surface area contributed by atoms with Crippen molar-refractivity contribution >= 4 is 0 Å². The average Bonchev–Trinajstić information content (AvgIpc) is 2.15. The molecule has 0 fully saturated rings. The van der Waals surface area contributed by atoms with Crippen LogP contribution in [0.25, 0.3) is 0 Å². The largest absolute Gasteiger partial charge is 0.396 e. The number of aliphatic hydroxyl groups is 1. The van der Waals surface area contributed by atoms with Gasteiger partial charge in [-0.1, -0.05) is 5.92 Å². The lowest BCUT2D eigenvalue weighted by atomic mass is 10.3. The summed E-state index contributed by atoms with van der Waals surface area (Å²) in [6.07, 6.45) is 4.69. The highest BCUT2D eigenvalue weighted by atomic mass is 16.2. The molecule has 0 saturated heterocycles. The number of hydrogen-bond donors (Lipinski definition) is 1. The number of unbranched alkanes of at least 4 members (excludes halogenated alkanes) is 1. The van der Waals surface area contributed by atoms with Gasteiger partial charge in [-0.2, -0.15) is 0 Å². The lowest BCUT2D eigenvalue weighted by Crippen LogP contribution is -1.90. The monoisotopic (exact) mass is 176 g/mol. The Labute approximate surface area is 77.9 Å². The van der Waals surface area contributed by atoms with Gasteiger partial charge in [-0.15, -0.1) is 0 Å². The SMILES string of the molecule is Cc1nccnc1C#CCCCO. The number of hydrogen-bond acceptors (Lipinski definition) is 3. The Balaban J connectivity index is 2.61. The average molecular weight is 176 g/mol.